The van der Waals surface area contributed by atoms with E-state index in [-0.39, 0.29) is 73.8 Å². The monoisotopic (exact) mass is 708 g/mol. The van der Waals surface area contributed by atoms with Crippen LogP contribution in [0.2, 0.25) is 0 Å². The van der Waals surface area contributed by atoms with Gasteiger partial charge < -0.3 is 29.9 Å². The molecule has 4 N–H and O–H groups in total. The Morgan fingerprint density at radius 1 is 0.765 bits per heavy atom. The van der Waals surface area contributed by atoms with Crippen molar-refractivity contribution in [1.82, 2.24) is 0 Å². The van der Waals surface area contributed by atoms with Gasteiger partial charge in [0.2, 0.25) is 11.6 Å². The van der Waals surface area contributed by atoms with E-state index >= 15 is 4.79 Å². The molecule has 0 aromatic heterocycles. The van der Waals surface area contributed by atoms with Crippen LogP contribution in [0.1, 0.15) is 93.4 Å². The summed E-state index contributed by atoms with van der Waals surface area (Å²) in [7, 11) is 3.08. The minimum absolute atomic E-state index is 0.00261. The molecule has 0 unspecified atom stereocenters. The Kier molecular flexibility index (Phi) is 9.98. The zero-order valence-corrected chi connectivity index (χ0v) is 32.0. The Balaban J connectivity index is 1.64. The molecule has 0 amide bonds. The lowest BCUT2D eigenvalue weighted by molar-refractivity contribution is -0.138. The number of aliphatic hydroxyl groups is 4. The van der Waals surface area contributed by atoms with E-state index in [0.29, 0.717) is 48.0 Å². The third-order valence-electron chi connectivity index (χ3n) is 14.2. The lowest BCUT2D eigenvalue weighted by Crippen LogP contribution is -2.45. The molecule has 6 rings (SSSR count). The fourth-order valence-corrected chi connectivity index (χ4v) is 11.4. The summed E-state index contributed by atoms with van der Waals surface area (Å²) in [5.41, 5.74) is -1.55. The summed E-state index contributed by atoms with van der Waals surface area (Å²) in [6, 6.07) is 0. The number of Topliss-reactive ketones (excluding diaryl/α,β-unsaturated/α-hetero) is 3. The first-order chi connectivity index (χ1) is 23.8. The number of allylic oxidation sites excluding steroid dienone is 4. The SMILES string of the molecule is COC[C@@]1(O)CC[C@@H]2C1=C[C@@]1(C[C@H]3C(=O)C(C(C)C)=C4C[C@H](O)[C@H](C)[C@@H]5CC[C@](O)(COC)/C5=C/[C@]43C)C(=O)C(=O)C(C(C)C)=C1C[C@H](O)[C@@H]2C. The second-order valence-corrected chi connectivity index (χ2v) is 17.8. The summed E-state index contributed by atoms with van der Waals surface area (Å²) in [4.78, 5) is 44.2. The van der Waals surface area contributed by atoms with E-state index < -0.39 is 51.7 Å². The summed E-state index contributed by atoms with van der Waals surface area (Å²) in [6.07, 6.45) is 4.68. The second-order valence-electron chi connectivity index (χ2n) is 17.8. The third kappa shape index (κ3) is 5.67. The second kappa shape index (κ2) is 13.2. The Bertz CT molecular complexity index is 1610. The molecule has 11 atom stereocenters. The fourth-order valence-electron chi connectivity index (χ4n) is 11.4. The van der Waals surface area contributed by atoms with E-state index in [1.54, 1.807) is 7.11 Å². The number of ether oxygens (including phenoxy) is 2. The first-order valence-electron chi connectivity index (χ1n) is 19.2. The first kappa shape index (κ1) is 38.5. The van der Waals surface area contributed by atoms with Crippen molar-refractivity contribution in [1.29, 1.82) is 0 Å². The maximum atomic E-state index is 15.1. The largest absolute Gasteiger partial charge is 0.392 e. The van der Waals surface area contributed by atoms with Crippen molar-refractivity contribution in [3.8, 4) is 0 Å². The molecular formula is C42H60O9. The summed E-state index contributed by atoms with van der Waals surface area (Å²) < 4.78 is 11.1. The van der Waals surface area contributed by atoms with Gasteiger partial charge in [-0.15, -0.1) is 0 Å². The lowest BCUT2D eigenvalue weighted by atomic mass is 9.59. The van der Waals surface area contributed by atoms with Crippen LogP contribution in [0.3, 0.4) is 0 Å². The number of carbonyl (C=O) groups excluding carboxylic acids is 3. The molecule has 2 saturated carbocycles. The minimum Gasteiger partial charge on any atom is -0.392 e. The van der Waals surface area contributed by atoms with Gasteiger partial charge >= 0.3 is 0 Å². The van der Waals surface area contributed by atoms with Crippen LogP contribution in [0.25, 0.3) is 0 Å². The van der Waals surface area contributed by atoms with Crippen LogP contribution in [0, 0.1) is 52.3 Å². The van der Waals surface area contributed by atoms with E-state index in [9.17, 15) is 30.0 Å². The quantitative estimate of drug-likeness (QED) is 0.205. The predicted molar refractivity (Wildman–Crippen MR) is 192 cm³/mol. The van der Waals surface area contributed by atoms with Crippen LogP contribution in [-0.4, -0.2) is 88.6 Å². The van der Waals surface area contributed by atoms with Gasteiger partial charge in [0, 0.05) is 31.1 Å². The van der Waals surface area contributed by atoms with Gasteiger partial charge in [0.05, 0.1) is 30.8 Å². The Hall–Kier alpha value is -2.27. The summed E-state index contributed by atoms with van der Waals surface area (Å²) in [5, 5.41) is 47.8. The Morgan fingerprint density at radius 3 is 1.71 bits per heavy atom. The standard InChI is InChI=1S/C42H60O9/c1-21(2)34-27-14-32(43)23(5)25-10-12-41(48,19-50-8)29(25)16-39(27,7)31(36(34)45)18-40-17-30-26(11-13-42(30,49)20-51-9)24(6)33(44)15-28(40)35(22(3)4)37(46)38(40)47/h16-17,21-26,31-33,43-44,48-49H,10-15,18-20H2,1-9H3/b29-16+,30-17?/t23-,24-,25+,26+,31+,32+,33+,39-,40+,41+,42+/m1/s1. The number of hydrogen-bond acceptors (Lipinski definition) is 9. The molecule has 51 heavy (non-hydrogen) atoms. The number of hydrogen-bond donors (Lipinski definition) is 4. The molecule has 0 saturated heterocycles. The zero-order valence-electron chi connectivity index (χ0n) is 32.0. The highest BCUT2D eigenvalue weighted by Crippen LogP contribution is 2.62. The van der Waals surface area contributed by atoms with Crippen molar-refractivity contribution >= 4 is 17.3 Å². The molecule has 0 aromatic carbocycles. The van der Waals surface area contributed by atoms with E-state index in [1.165, 1.54) is 7.11 Å². The maximum Gasteiger partial charge on any atom is 0.226 e. The molecule has 0 bridgehead atoms. The van der Waals surface area contributed by atoms with Crippen LogP contribution in [0.4, 0.5) is 0 Å². The van der Waals surface area contributed by atoms with Gasteiger partial charge in [-0.1, -0.05) is 66.2 Å². The van der Waals surface area contributed by atoms with Crippen molar-refractivity contribution in [2.45, 2.75) is 117 Å². The molecule has 0 aromatic rings. The lowest BCUT2D eigenvalue weighted by Gasteiger charge is -2.44. The highest BCUT2D eigenvalue weighted by molar-refractivity contribution is 6.49. The van der Waals surface area contributed by atoms with Gasteiger partial charge in [-0.2, -0.15) is 0 Å². The third-order valence-corrected chi connectivity index (χ3v) is 14.2. The van der Waals surface area contributed by atoms with Gasteiger partial charge in [0.25, 0.3) is 0 Å². The van der Waals surface area contributed by atoms with E-state index in [1.807, 2.05) is 54.5 Å². The molecular weight excluding hydrogens is 648 g/mol. The first-order valence-corrected chi connectivity index (χ1v) is 19.2. The molecule has 0 heterocycles. The Morgan fingerprint density at radius 2 is 1.24 bits per heavy atom. The maximum absolute atomic E-state index is 15.1. The number of aliphatic hydroxyl groups excluding tert-OH is 2. The van der Waals surface area contributed by atoms with Gasteiger partial charge in [-0.3, -0.25) is 14.4 Å². The van der Waals surface area contributed by atoms with Crippen molar-refractivity contribution in [2.75, 3.05) is 27.4 Å². The van der Waals surface area contributed by atoms with E-state index in [4.69, 9.17) is 9.47 Å². The molecule has 6 aliphatic rings. The van der Waals surface area contributed by atoms with Crippen LogP contribution in [0.15, 0.2) is 45.6 Å². The normalized spacial score (nSPS) is 43.8. The average Bonchev–Trinajstić information content (AvgIpc) is 3.66. The number of ketones is 3. The van der Waals surface area contributed by atoms with Gasteiger partial charge in [-0.05, 0) is 103 Å². The highest BCUT2D eigenvalue weighted by Gasteiger charge is 2.62. The van der Waals surface area contributed by atoms with Crippen molar-refractivity contribution in [3.63, 3.8) is 0 Å². The van der Waals surface area contributed by atoms with Gasteiger partial charge in [0.15, 0.2) is 5.78 Å². The molecule has 0 spiro atoms. The highest BCUT2D eigenvalue weighted by atomic mass is 16.5. The van der Waals surface area contributed by atoms with Gasteiger partial charge in [0.1, 0.15) is 11.2 Å². The minimum atomic E-state index is -1.58. The number of rotatable bonds is 8. The molecule has 2 fully saturated rings. The molecule has 0 aliphatic heterocycles. The van der Waals surface area contributed by atoms with Crippen LogP contribution >= 0.6 is 0 Å². The van der Waals surface area contributed by atoms with Crippen LogP contribution in [0.5, 0.6) is 0 Å². The van der Waals surface area contributed by atoms with E-state index in [2.05, 4.69) is 6.08 Å². The van der Waals surface area contributed by atoms with E-state index in [0.717, 1.165) is 11.1 Å². The summed E-state index contributed by atoms with van der Waals surface area (Å²) in [6.45, 7) is 13.7. The number of carbonyl (C=O) groups is 3. The smallest absolute Gasteiger partial charge is 0.226 e. The van der Waals surface area contributed by atoms with Crippen LogP contribution < -0.4 is 0 Å². The molecule has 282 valence electrons. The number of methoxy groups -OCH3 is 2. The number of fused-ring (bicyclic) bond motifs is 4. The van der Waals surface area contributed by atoms with Gasteiger partial charge in [-0.25, -0.2) is 0 Å². The molecule has 9 heteroatoms. The molecule has 0 radical (unpaired) electrons. The average molecular weight is 709 g/mol. The molecule has 9 nitrogen and oxygen atoms in total. The molecule has 6 aliphatic carbocycles. The summed E-state index contributed by atoms with van der Waals surface area (Å²) in [5.74, 6) is -3.47. The fraction of sp³-hybridized carbons (Fsp3) is 0.738. The van der Waals surface area contributed by atoms with Crippen molar-refractivity contribution in [3.05, 3.63) is 45.6 Å². The van der Waals surface area contributed by atoms with Crippen LogP contribution in [-0.2, 0) is 23.9 Å². The Labute approximate surface area is 303 Å². The zero-order chi connectivity index (χ0) is 37.6. The summed E-state index contributed by atoms with van der Waals surface area (Å²) >= 11 is 0. The predicted octanol–water partition coefficient (Wildman–Crippen LogP) is 4.85. The van der Waals surface area contributed by atoms with Crippen molar-refractivity contribution in [2.24, 2.45) is 52.3 Å². The van der Waals surface area contributed by atoms with Crippen molar-refractivity contribution < 1.29 is 44.3 Å². The topological polar surface area (TPSA) is 151 Å².